The molecule has 2 atom stereocenters. The second-order valence-corrected chi connectivity index (χ2v) is 7.47. The van der Waals surface area contributed by atoms with E-state index in [1.165, 1.54) is 4.90 Å². The van der Waals surface area contributed by atoms with Crippen molar-refractivity contribution in [3.63, 3.8) is 0 Å². The van der Waals surface area contributed by atoms with Crippen molar-refractivity contribution in [2.45, 2.75) is 63.0 Å². The first-order chi connectivity index (χ1) is 10.4. The molecule has 1 amide bonds. The molecule has 0 aromatic carbocycles. The van der Waals surface area contributed by atoms with E-state index < -0.39 is 17.1 Å². The number of carbonyl (C=O) groups excluding carboxylic acids is 2. The van der Waals surface area contributed by atoms with E-state index in [-0.39, 0.29) is 5.70 Å². The summed E-state index contributed by atoms with van der Waals surface area (Å²) in [6, 6.07) is 0. The molecule has 0 aliphatic heterocycles. The number of amides is 1. The van der Waals surface area contributed by atoms with E-state index in [0.29, 0.717) is 31.3 Å². The monoisotopic (exact) mass is 307 g/mol. The van der Waals surface area contributed by atoms with Crippen LogP contribution in [0.5, 0.6) is 0 Å². The Morgan fingerprint density at radius 2 is 2.00 bits per heavy atom. The SMILES string of the molecule is C=C(C(=O)OCCC)N(C=O)C12CC3CC(CC(O)(C3)C1)C2. The Bertz CT molecular complexity index is 487. The van der Waals surface area contributed by atoms with Crippen LogP contribution in [-0.2, 0) is 14.3 Å². The molecular weight excluding hydrogens is 282 g/mol. The Balaban J connectivity index is 1.82. The van der Waals surface area contributed by atoms with Crippen molar-refractivity contribution in [2.75, 3.05) is 6.61 Å². The summed E-state index contributed by atoms with van der Waals surface area (Å²) in [5.41, 5.74) is -1.03. The van der Waals surface area contributed by atoms with Crippen molar-refractivity contribution in [1.82, 2.24) is 4.90 Å². The number of hydrogen-bond acceptors (Lipinski definition) is 4. The van der Waals surface area contributed by atoms with Crippen LogP contribution in [-0.4, -0.2) is 40.1 Å². The number of ether oxygens (including phenoxy) is 1. The third-order valence-corrected chi connectivity index (χ3v) is 5.58. The molecule has 0 aromatic heterocycles. The second kappa shape index (κ2) is 5.37. The molecule has 0 saturated heterocycles. The van der Waals surface area contributed by atoms with Crippen molar-refractivity contribution >= 4 is 12.4 Å². The molecule has 4 fully saturated rings. The van der Waals surface area contributed by atoms with Crippen LogP contribution in [0.25, 0.3) is 0 Å². The van der Waals surface area contributed by atoms with E-state index in [1.54, 1.807) is 0 Å². The lowest BCUT2D eigenvalue weighted by molar-refractivity contribution is -0.175. The van der Waals surface area contributed by atoms with Gasteiger partial charge in [-0.05, 0) is 56.8 Å². The maximum atomic E-state index is 12.1. The maximum Gasteiger partial charge on any atom is 0.354 e. The van der Waals surface area contributed by atoms with Gasteiger partial charge in [0.15, 0.2) is 0 Å². The van der Waals surface area contributed by atoms with Crippen LogP contribution >= 0.6 is 0 Å². The number of esters is 1. The minimum Gasteiger partial charge on any atom is -0.461 e. The smallest absolute Gasteiger partial charge is 0.354 e. The van der Waals surface area contributed by atoms with Gasteiger partial charge in [-0.3, -0.25) is 4.79 Å². The molecule has 2 unspecified atom stereocenters. The van der Waals surface area contributed by atoms with Crippen LogP contribution in [0, 0.1) is 11.8 Å². The quantitative estimate of drug-likeness (QED) is 0.463. The summed E-state index contributed by atoms with van der Waals surface area (Å²) in [6.45, 7) is 6.04. The highest BCUT2D eigenvalue weighted by molar-refractivity contribution is 5.89. The fourth-order valence-corrected chi connectivity index (χ4v) is 5.29. The number of carbonyl (C=O) groups is 2. The highest BCUT2D eigenvalue weighted by Crippen LogP contribution is 2.59. The number of hydrogen-bond donors (Lipinski definition) is 1. The Labute approximate surface area is 131 Å². The molecule has 5 heteroatoms. The molecule has 4 saturated carbocycles. The molecule has 0 heterocycles. The van der Waals surface area contributed by atoms with Gasteiger partial charge in [-0.15, -0.1) is 0 Å². The summed E-state index contributed by atoms with van der Waals surface area (Å²) in [7, 11) is 0. The standard InChI is InChI=1S/C17H25NO4/c1-3-4-22-15(20)12(2)18(11-19)16-6-13-5-14(7-16)9-17(21,8-13)10-16/h11,13-14,21H,2-10H2,1H3. The summed E-state index contributed by atoms with van der Waals surface area (Å²) in [6.07, 6.45) is 6.46. The molecule has 0 aromatic rings. The van der Waals surface area contributed by atoms with E-state index in [9.17, 15) is 14.7 Å². The summed E-state index contributed by atoms with van der Waals surface area (Å²) >= 11 is 0. The van der Waals surface area contributed by atoms with Gasteiger partial charge in [0.1, 0.15) is 5.70 Å². The predicted octanol–water partition coefficient (Wildman–Crippen LogP) is 2.00. The van der Waals surface area contributed by atoms with Crippen molar-refractivity contribution in [3.05, 3.63) is 12.3 Å². The van der Waals surface area contributed by atoms with Crippen LogP contribution < -0.4 is 0 Å². The van der Waals surface area contributed by atoms with E-state index in [1.807, 2.05) is 6.92 Å². The zero-order valence-corrected chi connectivity index (χ0v) is 13.2. The van der Waals surface area contributed by atoms with E-state index >= 15 is 0 Å². The van der Waals surface area contributed by atoms with Crippen LogP contribution in [0.4, 0.5) is 0 Å². The van der Waals surface area contributed by atoms with Crippen LogP contribution in [0.1, 0.15) is 51.9 Å². The zero-order valence-electron chi connectivity index (χ0n) is 13.2. The normalized spacial score (nSPS) is 38.6. The number of rotatable bonds is 6. The minimum atomic E-state index is -0.682. The predicted molar refractivity (Wildman–Crippen MR) is 80.7 cm³/mol. The first-order valence-electron chi connectivity index (χ1n) is 8.24. The van der Waals surface area contributed by atoms with Gasteiger partial charge in [0.05, 0.1) is 17.7 Å². The van der Waals surface area contributed by atoms with E-state index in [4.69, 9.17) is 4.74 Å². The molecular formula is C17H25NO4. The average molecular weight is 307 g/mol. The molecule has 5 nitrogen and oxygen atoms in total. The first-order valence-corrected chi connectivity index (χ1v) is 8.24. The van der Waals surface area contributed by atoms with Gasteiger partial charge in [0.25, 0.3) is 0 Å². The molecule has 22 heavy (non-hydrogen) atoms. The van der Waals surface area contributed by atoms with Crippen molar-refractivity contribution < 1.29 is 19.4 Å². The second-order valence-electron chi connectivity index (χ2n) is 7.47. The molecule has 0 radical (unpaired) electrons. The van der Waals surface area contributed by atoms with Crippen molar-refractivity contribution in [3.8, 4) is 0 Å². The summed E-state index contributed by atoms with van der Waals surface area (Å²) in [4.78, 5) is 25.3. The van der Waals surface area contributed by atoms with Gasteiger partial charge in [0, 0.05) is 0 Å². The van der Waals surface area contributed by atoms with Crippen molar-refractivity contribution in [1.29, 1.82) is 0 Å². The third kappa shape index (κ3) is 2.45. The lowest BCUT2D eigenvalue weighted by atomic mass is 9.50. The topological polar surface area (TPSA) is 66.8 Å². The number of nitrogens with zero attached hydrogens (tertiary/aromatic N) is 1. The fourth-order valence-electron chi connectivity index (χ4n) is 5.29. The van der Waals surface area contributed by atoms with Gasteiger partial charge in [-0.1, -0.05) is 13.5 Å². The summed E-state index contributed by atoms with van der Waals surface area (Å²) in [5, 5.41) is 10.8. The Morgan fingerprint density at radius 3 is 2.50 bits per heavy atom. The molecule has 4 rings (SSSR count). The highest BCUT2D eigenvalue weighted by Gasteiger charge is 2.60. The molecule has 0 spiro atoms. The summed E-state index contributed by atoms with van der Waals surface area (Å²) < 4.78 is 5.12. The van der Waals surface area contributed by atoms with Crippen LogP contribution in [0.3, 0.4) is 0 Å². The van der Waals surface area contributed by atoms with Gasteiger partial charge >= 0.3 is 5.97 Å². The van der Waals surface area contributed by atoms with Crippen LogP contribution in [0.15, 0.2) is 12.3 Å². The first kappa shape index (κ1) is 15.5. The molecule has 122 valence electrons. The van der Waals surface area contributed by atoms with Gasteiger partial charge in [-0.25, -0.2) is 4.79 Å². The van der Waals surface area contributed by atoms with Gasteiger partial charge in [-0.2, -0.15) is 0 Å². The lowest BCUT2D eigenvalue weighted by Gasteiger charge is -2.62. The average Bonchev–Trinajstić information content (AvgIpc) is 2.42. The lowest BCUT2D eigenvalue weighted by Crippen LogP contribution is -2.65. The number of aliphatic hydroxyl groups is 1. The van der Waals surface area contributed by atoms with Crippen LogP contribution in [0.2, 0.25) is 0 Å². The minimum absolute atomic E-state index is 0.106. The molecule has 4 aliphatic carbocycles. The Kier molecular flexibility index (Phi) is 3.79. The maximum absolute atomic E-state index is 12.1. The van der Waals surface area contributed by atoms with Crippen molar-refractivity contribution in [2.24, 2.45) is 11.8 Å². The largest absolute Gasteiger partial charge is 0.461 e. The van der Waals surface area contributed by atoms with E-state index in [2.05, 4.69) is 6.58 Å². The zero-order chi connectivity index (χ0) is 16.0. The summed E-state index contributed by atoms with van der Waals surface area (Å²) in [5.74, 6) is 0.345. The molecule has 4 aliphatic rings. The molecule has 4 bridgehead atoms. The van der Waals surface area contributed by atoms with Gasteiger partial charge < -0.3 is 14.7 Å². The van der Waals surface area contributed by atoms with Gasteiger partial charge in [0.2, 0.25) is 6.41 Å². The third-order valence-electron chi connectivity index (χ3n) is 5.58. The molecule has 1 N–H and O–H groups in total. The Morgan fingerprint density at radius 1 is 1.36 bits per heavy atom. The van der Waals surface area contributed by atoms with E-state index in [0.717, 1.165) is 38.5 Å². The highest BCUT2D eigenvalue weighted by atomic mass is 16.5. The Hall–Kier alpha value is -1.36. The fraction of sp³-hybridized carbons (Fsp3) is 0.765.